The van der Waals surface area contributed by atoms with Crippen molar-refractivity contribution in [3.8, 4) is 0 Å². The van der Waals surface area contributed by atoms with Crippen molar-refractivity contribution in [3.63, 3.8) is 0 Å². The minimum atomic E-state index is -0.0594. The number of rotatable bonds is 8. The highest BCUT2D eigenvalue weighted by Crippen LogP contribution is 2.22. The minimum Gasteiger partial charge on any atom is -0.355 e. The summed E-state index contributed by atoms with van der Waals surface area (Å²) in [7, 11) is 0. The van der Waals surface area contributed by atoms with E-state index in [0.717, 1.165) is 6.42 Å². The molecule has 0 radical (unpaired) electrons. The molecule has 6 heteroatoms. The second kappa shape index (κ2) is 9.74. The zero-order chi connectivity index (χ0) is 20.8. The molecule has 1 amide bonds. The van der Waals surface area contributed by atoms with Crippen LogP contribution in [0, 0.1) is 0 Å². The molecule has 3 rings (SSSR count). The molecule has 0 aliphatic heterocycles. The quantitative estimate of drug-likeness (QED) is 0.443. The highest BCUT2D eigenvalue weighted by Gasteiger charge is 2.17. The Labute approximate surface area is 175 Å². The van der Waals surface area contributed by atoms with Crippen LogP contribution in [0.15, 0.2) is 64.5 Å². The molecule has 1 heterocycles. The summed E-state index contributed by atoms with van der Waals surface area (Å²) in [5, 5.41) is 4.19. The van der Waals surface area contributed by atoms with Gasteiger partial charge in [0.05, 0.1) is 16.7 Å². The van der Waals surface area contributed by atoms with Gasteiger partial charge in [-0.25, -0.2) is 4.98 Å². The molecule has 0 bridgehead atoms. The Morgan fingerprint density at radius 3 is 2.52 bits per heavy atom. The lowest BCUT2D eigenvalue weighted by atomic mass is 10.0. The molecule has 2 aromatic carbocycles. The highest BCUT2D eigenvalue weighted by molar-refractivity contribution is 7.99. The van der Waals surface area contributed by atoms with E-state index in [1.54, 1.807) is 10.6 Å². The first kappa shape index (κ1) is 21.1. The molecule has 0 spiro atoms. The number of thioether (sulfide) groups is 1. The summed E-state index contributed by atoms with van der Waals surface area (Å²) in [4.78, 5) is 30.0. The Kier molecular flexibility index (Phi) is 7.09. The van der Waals surface area contributed by atoms with Gasteiger partial charge in [-0.1, -0.05) is 68.1 Å². The number of para-hydroxylation sites is 1. The van der Waals surface area contributed by atoms with Crippen LogP contribution in [0.2, 0.25) is 0 Å². The molecule has 2 atom stereocenters. The number of aromatic nitrogens is 2. The van der Waals surface area contributed by atoms with Crippen LogP contribution in [0.4, 0.5) is 0 Å². The molecule has 152 valence electrons. The maximum Gasteiger partial charge on any atom is 0.262 e. The van der Waals surface area contributed by atoms with E-state index in [0.29, 0.717) is 22.6 Å². The van der Waals surface area contributed by atoms with Gasteiger partial charge in [0.2, 0.25) is 5.91 Å². The fraction of sp³-hybridized carbons (Fsp3) is 0.348. The second-order valence-electron chi connectivity index (χ2n) is 7.25. The minimum absolute atomic E-state index is 0.0169. The summed E-state index contributed by atoms with van der Waals surface area (Å²) in [6.45, 7) is 6.71. The summed E-state index contributed by atoms with van der Waals surface area (Å²) < 4.78 is 1.72. The molecule has 5 nitrogen and oxygen atoms in total. The van der Waals surface area contributed by atoms with Crippen LogP contribution in [-0.4, -0.2) is 27.8 Å². The van der Waals surface area contributed by atoms with Gasteiger partial charge in [0.25, 0.3) is 5.56 Å². The smallest absolute Gasteiger partial charge is 0.262 e. The van der Waals surface area contributed by atoms with E-state index in [9.17, 15) is 9.59 Å². The molecular formula is C23H27N3O2S. The van der Waals surface area contributed by atoms with E-state index in [2.05, 4.69) is 29.4 Å². The number of carbonyl (C=O) groups is 1. The van der Waals surface area contributed by atoms with Crippen molar-refractivity contribution in [1.29, 1.82) is 0 Å². The number of amides is 1. The number of fused-ring (bicyclic) bond motifs is 1. The summed E-state index contributed by atoms with van der Waals surface area (Å²) in [5.41, 5.74) is 1.81. The van der Waals surface area contributed by atoms with Crippen LogP contribution < -0.4 is 10.9 Å². The van der Waals surface area contributed by atoms with Crippen molar-refractivity contribution in [2.24, 2.45) is 0 Å². The fourth-order valence-electron chi connectivity index (χ4n) is 3.15. The summed E-state index contributed by atoms with van der Waals surface area (Å²) in [6, 6.07) is 17.5. The third-order valence-corrected chi connectivity index (χ3v) is 6.07. The third-order valence-electron chi connectivity index (χ3n) is 5.11. The Morgan fingerprint density at radius 1 is 1.10 bits per heavy atom. The second-order valence-corrected chi connectivity index (χ2v) is 8.19. The van der Waals surface area contributed by atoms with E-state index >= 15 is 0 Å². The number of nitrogens with zero attached hydrogens (tertiary/aromatic N) is 2. The van der Waals surface area contributed by atoms with Gasteiger partial charge in [0.15, 0.2) is 5.16 Å². The molecule has 0 saturated heterocycles. The van der Waals surface area contributed by atoms with Gasteiger partial charge in [-0.15, -0.1) is 0 Å². The molecule has 0 aliphatic rings. The van der Waals surface area contributed by atoms with Crippen molar-refractivity contribution in [3.05, 3.63) is 70.5 Å². The summed E-state index contributed by atoms with van der Waals surface area (Å²) in [5.74, 6) is 0.404. The lowest BCUT2D eigenvalue weighted by Gasteiger charge is -2.18. The van der Waals surface area contributed by atoms with Crippen LogP contribution in [0.1, 0.15) is 44.7 Å². The van der Waals surface area contributed by atoms with Crippen LogP contribution >= 0.6 is 11.8 Å². The largest absolute Gasteiger partial charge is 0.355 e. The van der Waals surface area contributed by atoms with Gasteiger partial charge in [0.1, 0.15) is 0 Å². The topological polar surface area (TPSA) is 64.0 Å². The average Bonchev–Trinajstić information content (AvgIpc) is 2.76. The first-order valence-corrected chi connectivity index (χ1v) is 11.0. The summed E-state index contributed by atoms with van der Waals surface area (Å²) >= 11 is 1.32. The van der Waals surface area contributed by atoms with Crippen LogP contribution in [0.3, 0.4) is 0 Å². The standard InChI is InChI=1S/C23H27N3O2S/c1-4-17(3)26-22(28)19-12-8-9-13-20(19)25-23(26)29-15-21(27)24-14-16(2)18-10-6-5-7-11-18/h5-13,16-17H,4,14-15H2,1-3H3,(H,24,27)/t16-,17+/m0/s1. The number of nitrogens with one attached hydrogen (secondary N) is 1. The first-order chi connectivity index (χ1) is 14.0. The van der Waals surface area contributed by atoms with Crippen molar-refractivity contribution < 1.29 is 4.79 Å². The van der Waals surface area contributed by atoms with Gasteiger partial charge in [-0.05, 0) is 37.0 Å². The Bertz CT molecular complexity index is 1030. The monoisotopic (exact) mass is 409 g/mol. The molecule has 0 fully saturated rings. The third kappa shape index (κ3) is 5.07. The van der Waals surface area contributed by atoms with Crippen molar-refractivity contribution in [2.45, 2.75) is 44.3 Å². The molecule has 1 aromatic heterocycles. The van der Waals surface area contributed by atoms with Crippen molar-refractivity contribution in [1.82, 2.24) is 14.9 Å². The lowest BCUT2D eigenvalue weighted by Crippen LogP contribution is -2.30. The van der Waals surface area contributed by atoms with E-state index < -0.39 is 0 Å². The molecule has 29 heavy (non-hydrogen) atoms. The number of benzene rings is 2. The van der Waals surface area contributed by atoms with Gasteiger partial charge in [-0.2, -0.15) is 0 Å². The maximum absolute atomic E-state index is 13.0. The maximum atomic E-state index is 13.0. The van der Waals surface area contributed by atoms with E-state index in [1.165, 1.54) is 17.3 Å². The van der Waals surface area contributed by atoms with Crippen molar-refractivity contribution >= 4 is 28.6 Å². The Balaban J connectivity index is 1.71. The normalized spacial score (nSPS) is 13.2. The zero-order valence-corrected chi connectivity index (χ0v) is 17.9. The number of hydrogen-bond acceptors (Lipinski definition) is 4. The predicted molar refractivity (Wildman–Crippen MR) is 120 cm³/mol. The average molecular weight is 410 g/mol. The number of carbonyl (C=O) groups excluding carboxylic acids is 1. The predicted octanol–water partition coefficient (Wildman–Crippen LogP) is 4.38. The molecule has 1 N–H and O–H groups in total. The van der Waals surface area contributed by atoms with Gasteiger partial charge in [-0.3, -0.25) is 14.2 Å². The molecule has 0 aliphatic carbocycles. The van der Waals surface area contributed by atoms with Gasteiger partial charge >= 0.3 is 0 Å². The van der Waals surface area contributed by atoms with Crippen molar-refractivity contribution in [2.75, 3.05) is 12.3 Å². The zero-order valence-electron chi connectivity index (χ0n) is 17.1. The molecule has 3 aromatic rings. The van der Waals surface area contributed by atoms with E-state index in [-0.39, 0.29) is 29.2 Å². The lowest BCUT2D eigenvalue weighted by molar-refractivity contribution is -0.118. The number of hydrogen-bond donors (Lipinski definition) is 1. The SMILES string of the molecule is CC[C@@H](C)n1c(SCC(=O)NC[C@H](C)c2ccccc2)nc2ccccc2c1=O. The summed E-state index contributed by atoms with van der Waals surface area (Å²) in [6.07, 6.45) is 0.814. The van der Waals surface area contributed by atoms with Crippen LogP contribution in [0.5, 0.6) is 0 Å². The molecule has 0 saturated carbocycles. The Hall–Kier alpha value is -2.60. The fourth-order valence-corrected chi connectivity index (χ4v) is 4.07. The first-order valence-electron chi connectivity index (χ1n) is 9.97. The molecular weight excluding hydrogens is 382 g/mol. The van der Waals surface area contributed by atoms with Gasteiger partial charge < -0.3 is 5.32 Å². The molecule has 0 unspecified atom stereocenters. The van der Waals surface area contributed by atoms with Crippen LogP contribution in [-0.2, 0) is 4.79 Å². The van der Waals surface area contributed by atoms with E-state index in [1.807, 2.05) is 50.2 Å². The highest BCUT2D eigenvalue weighted by atomic mass is 32.2. The van der Waals surface area contributed by atoms with Gasteiger partial charge in [0, 0.05) is 12.6 Å². The van der Waals surface area contributed by atoms with Crippen LogP contribution in [0.25, 0.3) is 10.9 Å². The van der Waals surface area contributed by atoms with E-state index in [4.69, 9.17) is 0 Å². The Morgan fingerprint density at radius 2 is 1.79 bits per heavy atom.